The standard InChI is InChI=1S/C13H19N3O3S/c17-20(18,16-5-7-19-8-6-16)13-4-1-11(10-15-13)9-14-12-2-3-12/h1,4,10,12,14H,2-3,5-9H2. The molecular weight excluding hydrogens is 278 g/mol. The van der Waals surface area contributed by atoms with Gasteiger partial charge in [-0.1, -0.05) is 6.07 Å². The van der Waals surface area contributed by atoms with Crippen LogP contribution in [0.15, 0.2) is 23.4 Å². The maximum Gasteiger partial charge on any atom is 0.260 e. The molecule has 2 fully saturated rings. The zero-order valence-corrected chi connectivity index (χ0v) is 12.1. The molecule has 0 atom stereocenters. The first kappa shape index (κ1) is 13.9. The summed E-state index contributed by atoms with van der Waals surface area (Å²) in [6.45, 7) is 2.44. The normalized spacial score (nSPS) is 21.0. The fraction of sp³-hybridized carbons (Fsp3) is 0.615. The van der Waals surface area contributed by atoms with Crippen LogP contribution in [0.5, 0.6) is 0 Å². The Balaban J connectivity index is 1.68. The van der Waals surface area contributed by atoms with Crippen molar-refractivity contribution in [1.29, 1.82) is 0 Å². The van der Waals surface area contributed by atoms with E-state index in [9.17, 15) is 8.42 Å². The second-order valence-electron chi connectivity index (χ2n) is 5.18. The molecule has 7 heteroatoms. The van der Waals surface area contributed by atoms with Gasteiger partial charge in [-0.15, -0.1) is 0 Å². The molecule has 0 unspecified atom stereocenters. The summed E-state index contributed by atoms with van der Waals surface area (Å²) in [5, 5.41) is 3.50. The molecule has 20 heavy (non-hydrogen) atoms. The van der Waals surface area contributed by atoms with E-state index in [1.54, 1.807) is 12.3 Å². The Hall–Kier alpha value is -1.02. The molecule has 0 spiro atoms. The Morgan fingerprint density at radius 1 is 1.30 bits per heavy atom. The average Bonchev–Trinajstić information content (AvgIpc) is 3.31. The minimum absolute atomic E-state index is 0.120. The van der Waals surface area contributed by atoms with Gasteiger partial charge in [-0.05, 0) is 24.5 Å². The van der Waals surface area contributed by atoms with Crippen molar-refractivity contribution in [3.8, 4) is 0 Å². The molecule has 3 rings (SSSR count). The molecule has 0 radical (unpaired) electrons. The molecule has 1 aromatic heterocycles. The van der Waals surface area contributed by atoms with E-state index >= 15 is 0 Å². The summed E-state index contributed by atoms with van der Waals surface area (Å²) in [7, 11) is -3.48. The summed E-state index contributed by atoms with van der Waals surface area (Å²) < 4.78 is 31.3. The second-order valence-corrected chi connectivity index (χ2v) is 7.06. The van der Waals surface area contributed by atoms with Crippen molar-refractivity contribution in [2.45, 2.75) is 30.5 Å². The molecule has 0 bridgehead atoms. The van der Waals surface area contributed by atoms with Crippen LogP contribution in [0.25, 0.3) is 0 Å². The van der Waals surface area contributed by atoms with Crippen LogP contribution in [0.3, 0.4) is 0 Å². The lowest BCUT2D eigenvalue weighted by molar-refractivity contribution is 0.0729. The lowest BCUT2D eigenvalue weighted by Crippen LogP contribution is -2.40. The number of nitrogens with zero attached hydrogens (tertiary/aromatic N) is 2. The molecule has 1 N–H and O–H groups in total. The fourth-order valence-electron chi connectivity index (χ4n) is 2.14. The summed E-state index contributed by atoms with van der Waals surface area (Å²) in [4.78, 5) is 4.11. The van der Waals surface area contributed by atoms with Gasteiger partial charge in [-0.25, -0.2) is 13.4 Å². The summed E-state index contributed by atoms with van der Waals surface area (Å²) in [5.74, 6) is 0. The Labute approximate surface area is 119 Å². The summed E-state index contributed by atoms with van der Waals surface area (Å²) in [6, 6.07) is 4.05. The van der Waals surface area contributed by atoms with E-state index in [-0.39, 0.29) is 5.03 Å². The van der Waals surface area contributed by atoms with E-state index in [1.807, 2.05) is 6.07 Å². The molecule has 1 aromatic rings. The molecule has 1 aliphatic heterocycles. The van der Waals surface area contributed by atoms with E-state index in [1.165, 1.54) is 17.1 Å². The van der Waals surface area contributed by atoms with Gasteiger partial charge < -0.3 is 10.1 Å². The van der Waals surface area contributed by atoms with Crippen LogP contribution >= 0.6 is 0 Å². The monoisotopic (exact) mass is 297 g/mol. The smallest absolute Gasteiger partial charge is 0.260 e. The molecule has 0 aromatic carbocycles. The van der Waals surface area contributed by atoms with Gasteiger partial charge in [0.15, 0.2) is 5.03 Å². The fourth-order valence-corrected chi connectivity index (χ4v) is 3.46. The number of hydrogen-bond donors (Lipinski definition) is 1. The van der Waals surface area contributed by atoms with Gasteiger partial charge in [0.1, 0.15) is 0 Å². The zero-order valence-electron chi connectivity index (χ0n) is 11.3. The van der Waals surface area contributed by atoms with Crippen LogP contribution in [-0.4, -0.2) is 50.1 Å². The van der Waals surface area contributed by atoms with Crippen molar-refractivity contribution < 1.29 is 13.2 Å². The van der Waals surface area contributed by atoms with Crippen LogP contribution in [0.2, 0.25) is 0 Å². The lowest BCUT2D eigenvalue weighted by atomic mass is 10.3. The molecular formula is C13H19N3O3S. The van der Waals surface area contributed by atoms with E-state index in [0.29, 0.717) is 32.3 Å². The van der Waals surface area contributed by atoms with Gasteiger partial charge in [-0.3, -0.25) is 0 Å². The van der Waals surface area contributed by atoms with Gasteiger partial charge in [0, 0.05) is 31.9 Å². The van der Waals surface area contributed by atoms with Gasteiger partial charge in [0.2, 0.25) is 0 Å². The van der Waals surface area contributed by atoms with Crippen LogP contribution < -0.4 is 5.32 Å². The number of morpholine rings is 1. The highest BCUT2D eigenvalue weighted by Gasteiger charge is 2.27. The quantitative estimate of drug-likeness (QED) is 0.849. The first-order valence-corrected chi connectivity index (χ1v) is 8.36. The van der Waals surface area contributed by atoms with Gasteiger partial charge in [0.25, 0.3) is 10.0 Å². The minimum atomic E-state index is -3.48. The molecule has 0 amide bonds. The van der Waals surface area contributed by atoms with E-state index in [2.05, 4.69) is 10.3 Å². The Morgan fingerprint density at radius 2 is 2.05 bits per heavy atom. The van der Waals surface area contributed by atoms with Gasteiger partial charge in [-0.2, -0.15) is 4.31 Å². The van der Waals surface area contributed by atoms with Crippen molar-refractivity contribution in [2.24, 2.45) is 0 Å². The van der Waals surface area contributed by atoms with E-state index in [0.717, 1.165) is 12.1 Å². The summed E-state index contributed by atoms with van der Waals surface area (Å²) >= 11 is 0. The van der Waals surface area contributed by atoms with Crippen molar-refractivity contribution in [2.75, 3.05) is 26.3 Å². The Bertz CT molecular complexity index is 549. The number of hydrogen-bond acceptors (Lipinski definition) is 5. The molecule has 110 valence electrons. The van der Waals surface area contributed by atoms with E-state index in [4.69, 9.17) is 4.74 Å². The largest absolute Gasteiger partial charge is 0.379 e. The number of aromatic nitrogens is 1. The molecule has 1 aliphatic carbocycles. The Kier molecular flexibility index (Phi) is 4.02. The van der Waals surface area contributed by atoms with Gasteiger partial charge in [0.05, 0.1) is 13.2 Å². The third-order valence-corrected chi connectivity index (χ3v) is 5.36. The first-order chi connectivity index (χ1) is 9.66. The molecule has 2 heterocycles. The number of sulfonamides is 1. The Morgan fingerprint density at radius 3 is 2.65 bits per heavy atom. The number of nitrogens with one attached hydrogen (secondary N) is 1. The number of rotatable bonds is 5. The maximum absolute atomic E-state index is 12.4. The topological polar surface area (TPSA) is 71.5 Å². The SMILES string of the molecule is O=S(=O)(c1ccc(CNC2CC2)cn1)N1CCOCC1. The lowest BCUT2D eigenvalue weighted by Gasteiger charge is -2.25. The van der Waals surface area contributed by atoms with Crippen LogP contribution in [-0.2, 0) is 21.3 Å². The van der Waals surface area contributed by atoms with Crippen molar-refractivity contribution in [1.82, 2.24) is 14.6 Å². The van der Waals surface area contributed by atoms with Crippen LogP contribution in [0.4, 0.5) is 0 Å². The van der Waals surface area contributed by atoms with Crippen molar-refractivity contribution in [3.63, 3.8) is 0 Å². The predicted molar refractivity (Wildman–Crippen MR) is 73.7 cm³/mol. The minimum Gasteiger partial charge on any atom is -0.379 e. The highest BCUT2D eigenvalue weighted by Crippen LogP contribution is 2.19. The molecule has 1 saturated carbocycles. The van der Waals surface area contributed by atoms with Crippen molar-refractivity contribution >= 4 is 10.0 Å². The average molecular weight is 297 g/mol. The van der Waals surface area contributed by atoms with Crippen LogP contribution in [0, 0.1) is 0 Å². The molecule has 2 aliphatic rings. The molecule has 1 saturated heterocycles. The van der Waals surface area contributed by atoms with Gasteiger partial charge >= 0.3 is 0 Å². The maximum atomic E-state index is 12.4. The third kappa shape index (κ3) is 3.17. The number of ether oxygens (including phenoxy) is 1. The zero-order chi connectivity index (χ0) is 14.0. The predicted octanol–water partition coefficient (Wildman–Crippen LogP) is 0.355. The highest BCUT2D eigenvalue weighted by atomic mass is 32.2. The first-order valence-electron chi connectivity index (χ1n) is 6.92. The summed E-state index contributed by atoms with van der Waals surface area (Å²) in [6.07, 6.45) is 4.11. The molecule has 6 nitrogen and oxygen atoms in total. The highest BCUT2D eigenvalue weighted by molar-refractivity contribution is 7.89. The second kappa shape index (κ2) is 5.77. The number of pyridine rings is 1. The third-order valence-electron chi connectivity index (χ3n) is 3.54. The summed E-state index contributed by atoms with van der Waals surface area (Å²) in [5.41, 5.74) is 1.01. The van der Waals surface area contributed by atoms with Crippen LogP contribution in [0.1, 0.15) is 18.4 Å². The van der Waals surface area contributed by atoms with Crippen molar-refractivity contribution in [3.05, 3.63) is 23.9 Å². The van der Waals surface area contributed by atoms with E-state index < -0.39 is 10.0 Å².